The fraction of sp³-hybridized carbons (Fsp3) is 0.100. The molecule has 0 spiro atoms. The lowest BCUT2D eigenvalue weighted by Crippen LogP contribution is -2.13. The molecule has 13 heavy (non-hydrogen) atoms. The van der Waals surface area contributed by atoms with Gasteiger partial charge in [-0.3, -0.25) is 4.79 Å². The van der Waals surface area contributed by atoms with E-state index in [4.69, 9.17) is 5.73 Å². The molecule has 1 amide bonds. The number of amides is 1. The normalized spacial score (nSPS) is 10.5. The van der Waals surface area contributed by atoms with Gasteiger partial charge in [-0.25, -0.2) is 0 Å². The van der Waals surface area contributed by atoms with E-state index in [1.54, 1.807) is 0 Å². The molecular weight excluding hydrogens is 164 g/mol. The van der Waals surface area contributed by atoms with E-state index in [2.05, 4.69) is 4.98 Å². The summed E-state index contributed by atoms with van der Waals surface area (Å²) in [6, 6.07) is 7.80. The second-order valence-corrected chi connectivity index (χ2v) is 3.00. The van der Waals surface area contributed by atoms with Crippen LogP contribution >= 0.6 is 0 Å². The molecule has 3 N–H and O–H groups in total. The Hall–Kier alpha value is -1.77. The molecule has 66 valence electrons. The molecule has 1 aromatic heterocycles. The Bertz CT molecular complexity index is 445. The summed E-state index contributed by atoms with van der Waals surface area (Å²) in [5.74, 6) is -0.304. The second kappa shape index (κ2) is 2.94. The third-order valence-electron chi connectivity index (χ3n) is 2.04. The monoisotopic (exact) mass is 174 g/mol. The molecule has 0 saturated heterocycles. The Morgan fingerprint density at radius 3 is 3.00 bits per heavy atom. The summed E-state index contributed by atoms with van der Waals surface area (Å²) in [5.41, 5.74) is 7.09. The van der Waals surface area contributed by atoms with E-state index in [0.717, 1.165) is 16.5 Å². The summed E-state index contributed by atoms with van der Waals surface area (Å²) in [5, 5.41) is 1.11. The van der Waals surface area contributed by atoms with E-state index in [9.17, 15) is 4.79 Å². The lowest BCUT2D eigenvalue weighted by Gasteiger charge is -1.99. The van der Waals surface area contributed by atoms with Gasteiger partial charge in [-0.1, -0.05) is 18.2 Å². The van der Waals surface area contributed by atoms with Crippen molar-refractivity contribution in [2.45, 2.75) is 6.42 Å². The Morgan fingerprint density at radius 1 is 1.38 bits per heavy atom. The Kier molecular flexibility index (Phi) is 1.77. The number of H-pyrrole nitrogens is 1. The van der Waals surface area contributed by atoms with E-state index in [1.807, 2.05) is 30.5 Å². The van der Waals surface area contributed by atoms with Crippen molar-refractivity contribution in [3.05, 3.63) is 36.0 Å². The summed E-state index contributed by atoms with van der Waals surface area (Å²) in [6.45, 7) is 0. The highest BCUT2D eigenvalue weighted by molar-refractivity contribution is 5.87. The van der Waals surface area contributed by atoms with E-state index in [0.29, 0.717) is 0 Å². The van der Waals surface area contributed by atoms with Gasteiger partial charge < -0.3 is 10.7 Å². The maximum atomic E-state index is 10.7. The highest BCUT2D eigenvalue weighted by Crippen LogP contribution is 2.16. The van der Waals surface area contributed by atoms with Gasteiger partial charge in [0.05, 0.1) is 6.42 Å². The minimum absolute atomic E-state index is 0.290. The first kappa shape index (κ1) is 7.86. The summed E-state index contributed by atoms with van der Waals surface area (Å²) >= 11 is 0. The minimum atomic E-state index is -0.304. The van der Waals surface area contributed by atoms with Gasteiger partial charge in [-0.05, 0) is 17.0 Å². The van der Waals surface area contributed by atoms with Gasteiger partial charge in [-0.2, -0.15) is 0 Å². The SMILES string of the molecule is NC(=O)Cc1cccc2cc[nH]c12. The van der Waals surface area contributed by atoms with Gasteiger partial charge >= 0.3 is 0 Å². The third-order valence-corrected chi connectivity index (χ3v) is 2.04. The van der Waals surface area contributed by atoms with Crippen LogP contribution in [0.25, 0.3) is 10.9 Å². The molecule has 0 saturated carbocycles. The van der Waals surface area contributed by atoms with Gasteiger partial charge in [0.1, 0.15) is 0 Å². The minimum Gasteiger partial charge on any atom is -0.369 e. The molecule has 2 rings (SSSR count). The fourth-order valence-corrected chi connectivity index (χ4v) is 1.48. The van der Waals surface area contributed by atoms with E-state index < -0.39 is 0 Å². The number of para-hydroxylation sites is 1. The molecule has 0 fully saturated rings. The molecule has 0 atom stereocenters. The number of hydrogen-bond donors (Lipinski definition) is 2. The number of aromatic nitrogens is 1. The average molecular weight is 174 g/mol. The van der Waals surface area contributed by atoms with Gasteiger partial charge in [0.2, 0.25) is 5.91 Å². The van der Waals surface area contributed by atoms with Crippen LogP contribution in [0.15, 0.2) is 30.5 Å². The molecule has 0 aliphatic rings. The zero-order valence-electron chi connectivity index (χ0n) is 7.08. The van der Waals surface area contributed by atoms with Crippen molar-refractivity contribution in [2.75, 3.05) is 0 Å². The van der Waals surface area contributed by atoms with Crippen molar-refractivity contribution >= 4 is 16.8 Å². The van der Waals surface area contributed by atoms with Gasteiger partial charge in [0.25, 0.3) is 0 Å². The van der Waals surface area contributed by atoms with Crippen LogP contribution in [-0.4, -0.2) is 10.9 Å². The zero-order valence-corrected chi connectivity index (χ0v) is 7.08. The number of benzene rings is 1. The van der Waals surface area contributed by atoms with Crippen LogP contribution in [-0.2, 0) is 11.2 Å². The number of fused-ring (bicyclic) bond motifs is 1. The Morgan fingerprint density at radius 2 is 2.23 bits per heavy atom. The third kappa shape index (κ3) is 1.40. The van der Waals surface area contributed by atoms with E-state index in [1.165, 1.54) is 0 Å². The van der Waals surface area contributed by atoms with E-state index >= 15 is 0 Å². The average Bonchev–Trinajstić information content (AvgIpc) is 2.51. The zero-order chi connectivity index (χ0) is 9.26. The molecule has 0 bridgehead atoms. The smallest absolute Gasteiger partial charge is 0.221 e. The number of nitrogens with one attached hydrogen (secondary N) is 1. The largest absolute Gasteiger partial charge is 0.369 e. The second-order valence-electron chi connectivity index (χ2n) is 3.00. The maximum Gasteiger partial charge on any atom is 0.221 e. The number of nitrogens with two attached hydrogens (primary N) is 1. The van der Waals surface area contributed by atoms with Crippen molar-refractivity contribution in [2.24, 2.45) is 5.73 Å². The van der Waals surface area contributed by atoms with Crippen LogP contribution in [0.3, 0.4) is 0 Å². The maximum absolute atomic E-state index is 10.7. The number of primary amides is 1. The fourth-order valence-electron chi connectivity index (χ4n) is 1.48. The molecule has 3 nitrogen and oxygen atoms in total. The van der Waals surface area contributed by atoms with Crippen LogP contribution in [0.2, 0.25) is 0 Å². The highest BCUT2D eigenvalue weighted by Gasteiger charge is 2.03. The van der Waals surface area contributed by atoms with Crippen LogP contribution in [0.4, 0.5) is 0 Å². The molecule has 0 aliphatic heterocycles. The number of aromatic amines is 1. The first-order chi connectivity index (χ1) is 6.27. The molecule has 0 unspecified atom stereocenters. The van der Waals surface area contributed by atoms with Gasteiger partial charge in [0, 0.05) is 11.7 Å². The van der Waals surface area contributed by atoms with Crippen molar-refractivity contribution < 1.29 is 4.79 Å². The topological polar surface area (TPSA) is 58.9 Å². The summed E-state index contributed by atoms with van der Waals surface area (Å²) < 4.78 is 0. The first-order valence-corrected chi connectivity index (χ1v) is 4.10. The van der Waals surface area contributed by atoms with Crippen LogP contribution in [0.5, 0.6) is 0 Å². The van der Waals surface area contributed by atoms with Crippen LogP contribution in [0.1, 0.15) is 5.56 Å². The number of carbonyl (C=O) groups is 1. The quantitative estimate of drug-likeness (QED) is 0.706. The van der Waals surface area contributed by atoms with Crippen molar-refractivity contribution in [3.63, 3.8) is 0 Å². The molecular formula is C10H10N2O. The summed E-state index contributed by atoms with van der Waals surface area (Å²) in [6.07, 6.45) is 2.15. The van der Waals surface area contributed by atoms with Crippen molar-refractivity contribution in [3.8, 4) is 0 Å². The van der Waals surface area contributed by atoms with Crippen LogP contribution in [0, 0.1) is 0 Å². The number of carbonyl (C=O) groups excluding carboxylic acids is 1. The predicted molar refractivity (Wildman–Crippen MR) is 51.2 cm³/mol. The van der Waals surface area contributed by atoms with E-state index in [-0.39, 0.29) is 12.3 Å². The standard InChI is InChI=1S/C10H10N2O/c11-9(13)6-8-3-1-2-7-4-5-12-10(7)8/h1-5,12H,6H2,(H2,11,13). The number of rotatable bonds is 2. The van der Waals surface area contributed by atoms with Crippen molar-refractivity contribution in [1.82, 2.24) is 4.98 Å². The van der Waals surface area contributed by atoms with Gasteiger partial charge in [-0.15, -0.1) is 0 Å². The molecule has 0 radical (unpaired) electrons. The van der Waals surface area contributed by atoms with Crippen molar-refractivity contribution in [1.29, 1.82) is 0 Å². The molecule has 3 heteroatoms. The predicted octanol–water partition coefficient (Wildman–Crippen LogP) is 1.20. The Labute approximate surface area is 75.6 Å². The first-order valence-electron chi connectivity index (χ1n) is 4.10. The van der Waals surface area contributed by atoms with Crippen LogP contribution < -0.4 is 5.73 Å². The Balaban J connectivity index is 2.54. The number of hydrogen-bond acceptors (Lipinski definition) is 1. The lowest BCUT2D eigenvalue weighted by atomic mass is 10.1. The molecule has 2 aromatic rings. The van der Waals surface area contributed by atoms with Gasteiger partial charge in [0.15, 0.2) is 0 Å². The molecule has 1 aromatic carbocycles. The summed E-state index contributed by atoms with van der Waals surface area (Å²) in [4.78, 5) is 13.8. The molecule has 1 heterocycles. The molecule has 0 aliphatic carbocycles. The summed E-state index contributed by atoms with van der Waals surface area (Å²) in [7, 11) is 0. The highest BCUT2D eigenvalue weighted by atomic mass is 16.1. The lowest BCUT2D eigenvalue weighted by molar-refractivity contribution is -0.117.